The molecule has 0 saturated heterocycles. The highest BCUT2D eigenvalue weighted by Gasteiger charge is 2.26. The van der Waals surface area contributed by atoms with Crippen LogP contribution >= 0.6 is 0 Å². The fraction of sp³-hybridized carbons (Fsp3) is 0.533. The van der Waals surface area contributed by atoms with E-state index in [0.717, 1.165) is 50.0 Å². The van der Waals surface area contributed by atoms with Gasteiger partial charge in [0, 0.05) is 17.9 Å². The van der Waals surface area contributed by atoms with Crippen molar-refractivity contribution >= 4 is 5.78 Å². The molecule has 0 radical (unpaired) electrons. The Bertz CT molecular complexity index is 384. The van der Waals surface area contributed by atoms with Crippen molar-refractivity contribution in [3.8, 4) is 5.75 Å². The molecule has 0 bridgehead atoms. The summed E-state index contributed by atoms with van der Waals surface area (Å²) >= 11 is 0. The lowest BCUT2D eigenvalue weighted by Crippen LogP contribution is -2.18. The van der Waals surface area contributed by atoms with Crippen LogP contribution in [0.1, 0.15) is 50.5 Å². The lowest BCUT2D eigenvalue weighted by molar-refractivity contribution is -0.121. The number of carbonyl (C=O) groups excluding carboxylic acids is 1. The summed E-state index contributed by atoms with van der Waals surface area (Å²) in [5, 5.41) is 0. The molecule has 2 nitrogen and oxygen atoms in total. The van der Waals surface area contributed by atoms with Gasteiger partial charge in [0.15, 0.2) is 0 Å². The second-order valence-corrected chi connectivity index (χ2v) is 4.65. The Hall–Kier alpha value is -1.31. The van der Waals surface area contributed by atoms with Crippen molar-refractivity contribution in [3.05, 3.63) is 29.8 Å². The van der Waals surface area contributed by atoms with Gasteiger partial charge in [-0.1, -0.05) is 31.5 Å². The van der Waals surface area contributed by atoms with Gasteiger partial charge in [-0.2, -0.15) is 0 Å². The second kappa shape index (κ2) is 5.85. The number of para-hydroxylation sites is 1. The third-order valence-electron chi connectivity index (χ3n) is 3.31. The van der Waals surface area contributed by atoms with Gasteiger partial charge in [-0.15, -0.1) is 0 Å². The van der Waals surface area contributed by atoms with Crippen LogP contribution < -0.4 is 4.74 Å². The SMILES string of the molecule is CCCOc1ccccc1C1CCCCC1=O. The summed E-state index contributed by atoms with van der Waals surface area (Å²) in [7, 11) is 0. The van der Waals surface area contributed by atoms with E-state index in [1.807, 2.05) is 24.3 Å². The molecule has 1 unspecified atom stereocenters. The maximum atomic E-state index is 12.0. The highest BCUT2D eigenvalue weighted by Crippen LogP contribution is 2.35. The summed E-state index contributed by atoms with van der Waals surface area (Å²) in [6, 6.07) is 7.99. The van der Waals surface area contributed by atoms with Crippen LogP contribution in [0.25, 0.3) is 0 Å². The fourth-order valence-electron chi connectivity index (χ4n) is 2.42. The predicted molar refractivity (Wildman–Crippen MR) is 68.4 cm³/mol. The molecule has 17 heavy (non-hydrogen) atoms. The predicted octanol–water partition coefficient (Wildman–Crippen LogP) is 3.70. The fourth-order valence-corrected chi connectivity index (χ4v) is 2.42. The van der Waals surface area contributed by atoms with Gasteiger partial charge in [-0.25, -0.2) is 0 Å². The molecule has 1 aromatic carbocycles. The van der Waals surface area contributed by atoms with Gasteiger partial charge in [0.25, 0.3) is 0 Å². The van der Waals surface area contributed by atoms with Crippen molar-refractivity contribution in [3.63, 3.8) is 0 Å². The van der Waals surface area contributed by atoms with Crippen LogP contribution in [0.15, 0.2) is 24.3 Å². The molecule has 1 aromatic rings. The minimum atomic E-state index is 0.0665. The average molecular weight is 232 g/mol. The van der Waals surface area contributed by atoms with Crippen molar-refractivity contribution in [2.24, 2.45) is 0 Å². The molecule has 0 N–H and O–H groups in total. The minimum absolute atomic E-state index is 0.0665. The maximum Gasteiger partial charge on any atom is 0.140 e. The molecule has 1 saturated carbocycles. The first-order chi connectivity index (χ1) is 8.33. The Labute approximate surface area is 103 Å². The molecular formula is C15H20O2. The molecule has 0 aliphatic heterocycles. The van der Waals surface area contributed by atoms with Crippen molar-refractivity contribution in [2.75, 3.05) is 6.61 Å². The summed E-state index contributed by atoms with van der Waals surface area (Å²) in [6.07, 6.45) is 4.90. The molecule has 0 spiro atoms. The second-order valence-electron chi connectivity index (χ2n) is 4.65. The lowest BCUT2D eigenvalue weighted by atomic mass is 9.82. The molecule has 0 aromatic heterocycles. The molecule has 2 rings (SSSR count). The normalized spacial score (nSPS) is 20.3. The van der Waals surface area contributed by atoms with Gasteiger partial charge in [0.05, 0.1) is 6.61 Å². The summed E-state index contributed by atoms with van der Waals surface area (Å²) < 4.78 is 5.74. The van der Waals surface area contributed by atoms with E-state index < -0.39 is 0 Å². The van der Waals surface area contributed by atoms with Crippen molar-refractivity contribution < 1.29 is 9.53 Å². The first-order valence-electron chi connectivity index (χ1n) is 6.57. The smallest absolute Gasteiger partial charge is 0.140 e. The van der Waals surface area contributed by atoms with Gasteiger partial charge >= 0.3 is 0 Å². The molecule has 1 aliphatic rings. The summed E-state index contributed by atoms with van der Waals surface area (Å²) in [5.74, 6) is 1.34. The Kier molecular flexibility index (Phi) is 4.18. The van der Waals surface area contributed by atoms with Gasteiger partial charge in [0.1, 0.15) is 11.5 Å². The van der Waals surface area contributed by atoms with Gasteiger partial charge in [-0.05, 0) is 25.3 Å². The zero-order chi connectivity index (χ0) is 12.1. The van der Waals surface area contributed by atoms with Crippen LogP contribution in [0.2, 0.25) is 0 Å². The quantitative estimate of drug-likeness (QED) is 0.791. The van der Waals surface area contributed by atoms with Crippen LogP contribution in [0.3, 0.4) is 0 Å². The zero-order valence-corrected chi connectivity index (χ0v) is 10.4. The summed E-state index contributed by atoms with van der Waals surface area (Å²) in [6.45, 7) is 2.81. The van der Waals surface area contributed by atoms with E-state index in [0.29, 0.717) is 5.78 Å². The van der Waals surface area contributed by atoms with Crippen LogP contribution in [0, 0.1) is 0 Å². The number of benzene rings is 1. The maximum absolute atomic E-state index is 12.0. The van der Waals surface area contributed by atoms with E-state index in [9.17, 15) is 4.79 Å². The van der Waals surface area contributed by atoms with Gasteiger partial charge in [-0.3, -0.25) is 4.79 Å². The highest BCUT2D eigenvalue weighted by molar-refractivity contribution is 5.87. The Morgan fingerprint density at radius 1 is 1.29 bits per heavy atom. The van der Waals surface area contributed by atoms with Gasteiger partial charge in [0.2, 0.25) is 0 Å². The molecule has 92 valence electrons. The number of hydrogen-bond acceptors (Lipinski definition) is 2. The van der Waals surface area contributed by atoms with E-state index in [2.05, 4.69) is 6.92 Å². The third-order valence-corrected chi connectivity index (χ3v) is 3.31. The Morgan fingerprint density at radius 2 is 2.12 bits per heavy atom. The zero-order valence-electron chi connectivity index (χ0n) is 10.4. The number of carbonyl (C=O) groups is 1. The van der Waals surface area contributed by atoms with Crippen molar-refractivity contribution in [1.82, 2.24) is 0 Å². The Balaban J connectivity index is 2.20. The number of ether oxygens (including phenoxy) is 1. The topological polar surface area (TPSA) is 26.3 Å². The van der Waals surface area contributed by atoms with Crippen LogP contribution in [-0.2, 0) is 4.79 Å². The van der Waals surface area contributed by atoms with Crippen LogP contribution in [-0.4, -0.2) is 12.4 Å². The Morgan fingerprint density at radius 3 is 2.88 bits per heavy atom. The highest BCUT2D eigenvalue weighted by atomic mass is 16.5. The third kappa shape index (κ3) is 2.87. The van der Waals surface area contributed by atoms with Crippen molar-refractivity contribution in [2.45, 2.75) is 44.9 Å². The molecule has 0 heterocycles. The van der Waals surface area contributed by atoms with Crippen LogP contribution in [0.4, 0.5) is 0 Å². The first-order valence-corrected chi connectivity index (χ1v) is 6.57. The monoisotopic (exact) mass is 232 g/mol. The van der Waals surface area contributed by atoms with Gasteiger partial charge < -0.3 is 4.74 Å². The largest absolute Gasteiger partial charge is 0.493 e. The standard InChI is InChI=1S/C15H20O2/c1-2-11-17-15-10-6-4-8-13(15)12-7-3-5-9-14(12)16/h4,6,8,10,12H,2-3,5,7,9,11H2,1H3. The minimum Gasteiger partial charge on any atom is -0.493 e. The molecule has 1 atom stereocenters. The molecular weight excluding hydrogens is 212 g/mol. The van der Waals surface area contributed by atoms with Crippen LogP contribution in [0.5, 0.6) is 5.75 Å². The first kappa shape index (κ1) is 12.2. The van der Waals surface area contributed by atoms with Crippen molar-refractivity contribution in [1.29, 1.82) is 0 Å². The molecule has 2 heteroatoms. The van der Waals surface area contributed by atoms with E-state index >= 15 is 0 Å². The number of Topliss-reactive ketones (excluding diaryl/α,β-unsaturated/α-hetero) is 1. The average Bonchev–Trinajstić information content (AvgIpc) is 2.37. The summed E-state index contributed by atoms with van der Waals surface area (Å²) in [5.41, 5.74) is 1.09. The van der Waals surface area contributed by atoms with E-state index in [1.54, 1.807) is 0 Å². The molecule has 1 fully saturated rings. The lowest BCUT2D eigenvalue weighted by Gasteiger charge is -2.23. The number of ketones is 1. The summed E-state index contributed by atoms with van der Waals surface area (Å²) in [4.78, 5) is 12.0. The molecule has 1 aliphatic carbocycles. The number of hydrogen-bond donors (Lipinski definition) is 0. The van der Waals surface area contributed by atoms with E-state index in [4.69, 9.17) is 4.74 Å². The van der Waals surface area contributed by atoms with E-state index in [-0.39, 0.29) is 5.92 Å². The number of rotatable bonds is 4. The van der Waals surface area contributed by atoms with E-state index in [1.165, 1.54) is 0 Å². The molecule has 0 amide bonds.